The van der Waals surface area contributed by atoms with E-state index in [2.05, 4.69) is 5.10 Å². The Hall–Kier alpha value is -1.88. The highest BCUT2D eigenvalue weighted by Gasteiger charge is 2.14. The number of halogens is 1. The highest BCUT2D eigenvalue weighted by atomic mass is 35.5. The highest BCUT2D eigenvalue weighted by Crippen LogP contribution is 2.21. The molecule has 0 radical (unpaired) electrons. The molecule has 2 aromatic rings. The van der Waals surface area contributed by atoms with Crippen molar-refractivity contribution in [2.24, 2.45) is 0 Å². The molecule has 0 atom stereocenters. The fraction of sp³-hybridized carbons (Fsp3) is 0.182. The molecule has 2 rings (SSSR count). The van der Waals surface area contributed by atoms with E-state index in [4.69, 9.17) is 11.6 Å². The summed E-state index contributed by atoms with van der Waals surface area (Å²) in [6, 6.07) is 6.61. The van der Waals surface area contributed by atoms with Gasteiger partial charge in [0, 0.05) is 6.07 Å². The van der Waals surface area contributed by atoms with Gasteiger partial charge in [0.25, 0.3) is 5.69 Å². The average Bonchev–Trinajstić information content (AvgIpc) is 2.61. The van der Waals surface area contributed by atoms with Gasteiger partial charge in [0.1, 0.15) is 0 Å². The first-order chi connectivity index (χ1) is 8.09. The predicted octanol–water partition coefficient (Wildman–Crippen LogP) is 2.80. The van der Waals surface area contributed by atoms with Gasteiger partial charge in [0.15, 0.2) is 0 Å². The summed E-state index contributed by atoms with van der Waals surface area (Å²) in [6.07, 6.45) is 1.53. The van der Waals surface area contributed by atoms with Gasteiger partial charge >= 0.3 is 0 Å². The van der Waals surface area contributed by atoms with Crippen LogP contribution in [0.2, 0.25) is 5.02 Å². The van der Waals surface area contributed by atoms with Crippen LogP contribution in [0.1, 0.15) is 11.3 Å². The lowest BCUT2D eigenvalue weighted by Crippen LogP contribution is -2.06. The summed E-state index contributed by atoms with van der Waals surface area (Å²) in [5.41, 5.74) is 1.50. The summed E-state index contributed by atoms with van der Waals surface area (Å²) >= 11 is 5.88. The van der Waals surface area contributed by atoms with Crippen LogP contribution < -0.4 is 0 Å². The SMILES string of the molecule is Cc1c(Cl)cnn1Cc1ccccc1[N+](=O)[O-]. The molecule has 1 heterocycles. The van der Waals surface area contributed by atoms with E-state index < -0.39 is 4.92 Å². The van der Waals surface area contributed by atoms with Gasteiger partial charge in [-0.3, -0.25) is 14.8 Å². The monoisotopic (exact) mass is 251 g/mol. The van der Waals surface area contributed by atoms with Crippen LogP contribution in [0.4, 0.5) is 5.69 Å². The second kappa shape index (κ2) is 4.55. The molecule has 17 heavy (non-hydrogen) atoms. The van der Waals surface area contributed by atoms with Crippen molar-refractivity contribution in [1.29, 1.82) is 0 Å². The summed E-state index contributed by atoms with van der Waals surface area (Å²) in [7, 11) is 0. The molecule has 0 spiro atoms. The van der Waals surface area contributed by atoms with Crippen LogP contribution in [0.25, 0.3) is 0 Å². The highest BCUT2D eigenvalue weighted by molar-refractivity contribution is 6.31. The van der Waals surface area contributed by atoms with Crippen LogP contribution in [0, 0.1) is 17.0 Å². The van der Waals surface area contributed by atoms with Gasteiger partial charge < -0.3 is 0 Å². The van der Waals surface area contributed by atoms with Crippen molar-refractivity contribution in [3.63, 3.8) is 0 Å². The van der Waals surface area contributed by atoms with Crippen LogP contribution in [0.15, 0.2) is 30.5 Å². The second-order valence-corrected chi connectivity index (χ2v) is 4.03. The van der Waals surface area contributed by atoms with E-state index in [1.807, 2.05) is 6.92 Å². The number of nitrogens with zero attached hydrogens (tertiary/aromatic N) is 3. The van der Waals surface area contributed by atoms with Gasteiger partial charge in [-0.05, 0) is 6.92 Å². The van der Waals surface area contributed by atoms with Crippen molar-refractivity contribution >= 4 is 17.3 Å². The number of para-hydroxylation sites is 1. The third-order valence-corrected chi connectivity index (χ3v) is 2.92. The Morgan fingerprint density at radius 2 is 2.18 bits per heavy atom. The third-order valence-electron chi connectivity index (χ3n) is 2.55. The third kappa shape index (κ3) is 2.29. The number of nitro groups is 1. The summed E-state index contributed by atoms with van der Waals surface area (Å²) < 4.78 is 1.64. The molecule has 0 aliphatic rings. The van der Waals surface area contributed by atoms with Crippen molar-refractivity contribution in [3.05, 3.63) is 56.9 Å². The lowest BCUT2D eigenvalue weighted by molar-refractivity contribution is -0.385. The maximum Gasteiger partial charge on any atom is 0.274 e. The molecule has 0 bridgehead atoms. The van der Waals surface area contributed by atoms with Crippen molar-refractivity contribution in [1.82, 2.24) is 9.78 Å². The molecular weight excluding hydrogens is 242 g/mol. The van der Waals surface area contributed by atoms with Crippen molar-refractivity contribution in [2.45, 2.75) is 13.5 Å². The summed E-state index contributed by atoms with van der Waals surface area (Å²) in [4.78, 5) is 10.5. The summed E-state index contributed by atoms with van der Waals surface area (Å²) in [5, 5.41) is 15.5. The summed E-state index contributed by atoms with van der Waals surface area (Å²) in [6.45, 7) is 2.17. The standard InChI is InChI=1S/C11H10ClN3O2/c1-8-10(12)6-13-14(8)7-9-4-2-3-5-11(9)15(16)17/h2-6H,7H2,1H3. The first kappa shape index (κ1) is 11.6. The zero-order chi connectivity index (χ0) is 12.4. The van der Waals surface area contributed by atoms with Gasteiger partial charge in [-0.2, -0.15) is 5.10 Å². The Kier molecular flexibility index (Phi) is 3.10. The zero-order valence-electron chi connectivity index (χ0n) is 9.13. The first-order valence-corrected chi connectivity index (χ1v) is 5.37. The number of nitro benzene ring substituents is 1. The zero-order valence-corrected chi connectivity index (χ0v) is 9.89. The summed E-state index contributed by atoms with van der Waals surface area (Å²) in [5.74, 6) is 0. The minimum atomic E-state index is -0.393. The Morgan fingerprint density at radius 3 is 2.76 bits per heavy atom. The van der Waals surface area contributed by atoms with Gasteiger partial charge in [-0.15, -0.1) is 0 Å². The van der Waals surface area contributed by atoms with E-state index >= 15 is 0 Å². The molecule has 6 heteroatoms. The molecule has 0 aliphatic heterocycles. The normalized spacial score (nSPS) is 10.5. The predicted molar refractivity (Wildman–Crippen MR) is 64.2 cm³/mol. The van der Waals surface area contributed by atoms with Crippen molar-refractivity contribution in [2.75, 3.05) is 0 Å². The number of hydrogen-bond donors (Lipinski definition) is 0. The van der Waals surface area contributed by atoms with E-state index in [0.717, 1.165) is 5.69 Å². The number of hydrogen-bond acceptors (Lipinski definition) is 3. The molecule has 0 saturated carbocycles. The molecule has 88 valence electrons. The van der Waals surface area contributed by atoms with Gasteiger partial charge in [0.2, 0.25) is 0 Å². The Balaban J connectivity index is 2.36. The molecular formula is C11H10ClN3O2. The van der Waals surface area contributed by atoms with Crippen molar-refractivity contribution in [3.8, 4) is 0 Å². The minimum absolute atomic E-state index is 0.0959. The van der Waals surface area contributed by atoms with E-state index in [1.165, 1.54) is 12.3 Å². The van der Waals surface area contributed by atoms with Crippen LogP contribution in [-0.2, 0) is 6.54 Å². The number of aromatic nitrogens is 2. The second-order valence-electron chi connectivity index (χ2n) is 3.62. The van der Waals surface area contributed by atoms with E-state index in [9.17, 15) is 10.1 Å². The largest absolute Gasteiger partial charge is 0.274 e. The number of rotatable bonds is 3. The molecule has 0 saturated heterocycles. The fourth-order valence-corrected chi connectivity index (χ4v) is 1.71. The molecule has 0 fully saturated rings. The van der Waals surface area contributed by atoms with Gasteiger partial charge in [-0.25, -0.2) is 0 Å². The topological polar surface area (TPSA) is 61.0 Å². The molecule has 1 aromatic carbocycles. The molecule has 0 aliphatic carbocycles. The number of benzene rings is 1. The van der Waals surface area contributed by atoms with E-state index in [-0.39, 0.29) is 5.69 Å². The molecule has 0 N–H and O–H groups in total. The maximum atomic E-state index is 10.9. The van der Waals surface area contributed by atoms with Crippen LogP contribution in [0.3, 0.4) is 0 Å². The Morgan fingerprint density at radius 1 is 1.47 bits per heavy atom. The van der Waals surface area contributed by atoms with Crippen molar-refractivity contribution < 1.29 is 4.92 Å². The lowest BCUT2D eigenvalue weighted by Gasteiger charge is -2.05. The smallest absolute Gasteiger partial charge is 0.264 e. The maximum absolute atomic E-state index is 10.9. The van der Waals surface area contributed by atoms with Crippen LogP contribution in [-0.4, -0.2) is 14.7 Å². The quantitative estimate of drug-likeness (QED) is 0.622. The lowest BCUT2D eigenvalue weighted by atomic mass is 10.2. The Bertz CT molecular complexity index is 566. The van der Waals surface area contributed by atoms with E-state index in [1.54, 1.807) is 22.9 Å². The van der Waals surface area contributed by atoms with Crippen LogP contribution in [0.5, 0.6) is 0 Å². The molecule has 1 aromatic heterocycles. The van der Waals surface area contributed by atoms with Gasteiger partial charge in [-0.1, -0.05) is 29.8 Å². The molecule has 0 amide bonds. The average molecular weight is 252 g/mol. The van der Waals surface area contributed by atoms with E-state index in [0.29, 0.717) is 17.1 Å². The minimum Gasteiger partial charge on any atom is -0.264 e. The Labute approximate surface area is 103 Å². The molecule has 5 nitrogen and oxygen atoms in total. The molecule has 0 unspecified atom stereocenters. The van der Waals surface area contributed by atoms with Gasteiger partial charge in [0.05, 0.1) is 33.9 Å². The van der Waals surface area contributed by atoms with Crippen LogP contribution >= 0.6 is 11.6 Å². The fourth-order valence-electron chi connectivity index (χ4n) is 1.57. The first-order valence-electron chi connectivity index (χ1n) is 5.00.